The number of pyridine rings is 3. The summed E-state index contributed by atoms with van der Waals surface area (Å²) in [5.41, 5.74) is 9.36. The zero-order valence-electron chi connectivity index (χ0n) is 22.1. The molecule has 0 spiro atoms. The van der Waals surface area contributed by atoms with E-state index in [0.717, 1.165) is 55.2 Å². The Hall–Kier alpha value is -4.90. The first kappa shape index (κ1) is 24.4. The third kappa shape index (κ3) is 4.87. The molecule has 0 fully saturated rings. The maximum atomic E-state index is 5.02. The maximum Gasteiger partial charge on any atom is 0.149 e. The van der Waals surface area contributed by atoms with Crippen LogP contribution in [-0.4, -0.2) is 21.4 Å². The van der Waals surface area contributed by atoms with Gasteiger partial charge in [0.1, 0.15) is 5.49 Å². The van der Waals surface area contributed by atoms with Crippen molar-refractivity contribution in [1.82, 2.24) is 14.6 Å². The van der Waals surface area contributed by atoms with E-state index in [2.05, 4.69) is 97.4 Å². The van der Waals surface area contributed by atoms with E-state index in [-0.39, 0.29) is 0 Å². The molecule has 3 heterocycles. The molecular formula is C34H29N5. The van der Waals surface area contributed by atoms with Crippen LogP contribution in [0, 0.1) is 0 Å². The molecule has 6 aromatic rings. The summed E-state index contributed by atoms with van der Waals surface area (Å²) < 4.78 is 1.73. The molecule has 0 N–H and O–H groups in total. The average Bonchev–Trinajstić information content (AvgIpc) is 3.00. The second-order valence-corrected chi connectivity index (χ2v) is 9.93. The number of rotatable bonds is 6. The van der Waals surface area contributed by atoms with Crippen LogP contribution in [0.1, 0.15) is 31.0 Å². The molecule has 0 saturated heterocycles. The molecule has 3 aromatic carbocycles. The average molecular weight is 508 g/mol. The van der Waals surface area contributed by atoms with Crippen molar-refractivity contribution in [3.05, 3.63) is 126 Å². The molecule has 6 rings (SSSR count). The predicted octanol–water partition coefficient (Wildman–Crippen LogP) is 7.61. The Bertz CT molecular complexity index is 1870. The maximum absolute atomic E-state index is 5.02. The lowest BCUT2D eigenvalue weighted by Crippen LogP contribution is -2.16. The molecule has 5 nitrogen and oxygen atoms in total. The van der Waals surface area contributed by atoms with Gasteiger partial charge < -0.3 is 0 Å². The van der Waals surface area contributed by atoms with Crippen LogP contribution in [0.4, 0.5) is 0 Å². The van der Waals surface area contributed by atoms with E-state index in [1.807, 2.05) is 42.7 Å². The molecular weight excluding hydrogens is 478 g/mol. The Labute approximate surface area is 227 Å². The first-order valence-corrected chi connectivity index (χ1v) is 13.1. The highest BCUT2D eigenvalue weighted by atomic mass is 15.3. The first-order valence-electron chi connectivity index (χ1n) is 13.1. The molecule has 0 aliphatic heterocycles. The molecule has 0 saturated carbocycles. The van der Waals surface area contributed by atoms with Crippen LogP contribution in [-0.2, 0) is 6.54 Å². The fourth-order valence-electron chi connectivity index (χ4n) is 4.87. The van der Waals surface area contributed by atoms with Gasteiger partial charge in [-0.1, -0.05) is 86.6 Å². The molecule has 39 heavy (non-hydrogen) atoms. The zero-order chi connectivity index (χ0) is 26.8. The SMILES string of the molecule is C=Nn1cc(-c2ccccc2)cc/c1=N/Cc1ccc(-c2cc(C(C)C)nc3c2ccc2cccnc23)cc1. The Morgan fingerprint density at radius 2 is 1.59 bits per heavy atom. The van der Waals surface area contributed by atoms with Crippen LogP contribution in [0.2, 0.25) is 0 Å². The molecule has 0 bridgehead atoms. The molecule has 0 radical (unpaired) electrons. The Balaban J connectivity index is 1.34. The van der Waals surface area contributed by atoms with E-state index >= 15 is 0 Å². The number of hydrogen-bond acceptors (Lipinski definition) is 4. The standard InChI is InChI=1S/C34H29N5/c1-23(2)31-20-30(29-17-15-27-10-7-19-36-33(27)34(29)38-31)26-13-11-24(12-14-26)21-37-32-18-16-28(22-39(32)35-3)25-8-5-4-6-9-25/h4-20,22-23H,3,21H2,1-2H3/b37-32-. The Kier molecular flexibility index (Phi) is 6.55. The molecule has 0 atom stereocenters. The van der Waals surface area contributed by atoms with Gasteiger partial charge in [0.15, 0.2) is 0 Å². The van der Waals surface area contributed by atoms with Crippen molar-refractivity contribution < 1.29 is 0 Å². The van der Waals surface area contributed by atoms with Crippen molar-refractivity contribution >= 4 is 28.5 Å². The second-order valence-electron chi connectivity index (χ2n) is 9.93. The van der Waals surface area contributed by atoms with Crippen molar-refractivity contribution in [3.63, 3.8) is 0 Å². The van der Waals surface area contributed by atoms with Gasteiger partial charge >= 0.3 is 0 Å². The van der Waals surface area contributed by atoms with Gasteiger partial charge in [-0.25, -0.2) is 4.68 Å². The summed E-state index contributed by atoms with van der Waals surface area (Å²) in [6.07, 6.45) is 3.80. The van der Waals surface area contributed by atoms with Crippen LogP contribution in [0.3, 0.4) is 0 Å². The highest BCUT2D eigenvalue weighted by Crippen LogP contribution is 2.34. The molecule has 5 heteroatoms. The third-order valence-electron chi connectivity index (χ3n) is 7.02. The van der Waals surface area contributed by atoms with Crippen LogP contribution in [0.25, 0.3) is 44.1 Å². The van der Waals surface area contributed by atoms with E-state index in [9.17, 15) is 0 Å². The normalized spacial score (nSPS) is 11.9. The van der Waals surface area contributed by atoms with Gasteiger partial charge in [0.05, 0.1) is 17.6 Å². The van der Waals surface area contributed by atoms with Crippen molar-refractivity contribution in [2.75, 3.05) is 0 Å². The Morgan fingerprint density at radius 3 is 2.36 bits per heavy atom. The van der Waals surface area contributed by atoms with Crippen LogP contribution in [0.5, 0.6) is 0 Å². The fourth-order valence-corrected chi connectivity index (χ4v) is 4.87. The van der Waals surface area contributed by atoms with E-state index < -0.39 is 0 Å². The summed E-state index contributed by atoms with van der Waals surface area (Å²) in [5.74, 6) is 0.309. The number of nitrogens with zero attached hydrogens (tertiary/aromatic N) is 5. The van der Waals surface area contributed by atoms with Crippen molar-refractivity contribution in [1.29, 1.82) is 0 Å². The molecule has 0 unspecified atom stereocenters. The summed E-state index contributed by atoms with van der Waals surface area (Å²) in [6, 6.07) is 33.5. The van der Waals surface area contributed by atoms with Gasteiger partial charge in [-0.15, -0.1) is 0 Å². The number of fused-ring (bicyclic) bond motifs is 3. The third-order valence-corrected chi connectivity index (χ3v) is 7.02. The summed E-state index contributed by atoms with van der Waals surface area (Å²) in [4.78, 5) is 14.5. The van der Waals surface area contributed by atoms with Crippen molar-refractivity contribution in [2.24, 2.45) is 10.1 Å². The lowest BCUT2D eigenvalue weighted by atomic mass is 9.96. The molecule has 190 valence electrons. The van der Waals surface area contributed by atoms with Crippen LogP contribution in [0.15, 0.2) is 120 Å². The van der Waals surface area contributed by atoms with Gasteiger partial charge in [0.25, 0.3) is 0 Å². The van der Waals surface area contributed by atoms with Gasteiger partial charge in [-0.2, -0.15) is 5.10 Å². The lowest BCUT2D eigenvalue weighted by Gasteiger charge is -2.14. The quantitative estimate of drug-likeness (QED) is 0.172. The minimum absolute atomic E-state index is 0.309. The van der Waals surface area contributed by atoms with E-state index in [4.69, 9.17) is 9.98 Å². The zero-order valence-corrected chi connectivity index (χ0v) is 22.1. The second kappa shape index (κ2) is 10.5. The van der Waals surface area contributed by atoms with E-state index in [1.54, 1.807) is 4.68 Å². The molecule has 3 aromatic heterocycles. The minimum atomic E-state index is 0.309. The minimum Gasteiger partial charge on any atom is -0.262 e. The summed E-state index contributed by atoms with van der Waals surface area (Å²) in [6.45, 7) is 8.63. The number of hydrogen-bond donors (Lipinski definition) is 0. The van der Waals surface area contributed by atoms with E-state index in [1.165, 1.54) is 5.56 Å². The molecule has 0 amide bonds. The molecule has 0 aliphatic carbocycles. The van der Waals surface area contributed by atoms with Gasteiger partial charge in [-0.05, 0) is 52.4 Å². The predicted molar refractivity (Wildman–Crippen MR) is 161 cm³/mol. The number of benzene rings is 3. The highest BCUT2D eigenvalue weighted by Gasteiger charge is 2.13. The fraction of sp³-hybridized carbons (Fsp3) is 0.118. The smallest absolute Gasteiger partial charge is 0.149 e. The highest BCUT2D eigenvalue weighted by molar-refractivity contribution is 6.08. The van der Waals surface area contributed by atoms with Crippen LogP contribution >= 0.6 is 0 Å². The van der Waals surface area contributed by atoms with Crippen molar-refractivity contribution in [2.45, 2.75) is 26.3 Å². The number of aromatic nitrogens is 3. The largest absolute Gasteiger partial charge is 0.262 e. The summed E-state index contributed by atoms with van der Waals surface area (Å²) in [7, 11) is 0. The van der Waals surface area contributed by atoms with E-state index in [0.29, 0.717) is 12.5 Å². The van der Waals surface area contributed by atoms with Gasteiger partial charge in [-0.3, -0.25) is 15.0 Å². The van der Waals surface area contributed by atoms with Crippen molar-refractivity contribution in [3.8, 4) is 22.3 Å². The van der Waals surface area contributed by atoms with Gasteiger partial charge in [0, 0.05) is 41.1 Å². The topological polar surface area (TPSA) is 55.4 Å². The van der Waals surface area contributed by atoms with Gasteiger partial charge in [0.2, 0.25) is 0 Å². The molecule has 0 aliphatic rings. The Morgan fingerprint density at radius 1 is 0.795 bits per heavy atom. The summed E-state index contributed by atoms with van der Waals surface area (Å²) >= 11 is 0. The lowest BCUT2D eigenvalue weighted by molar-refractivity contribution is 0.786. The van der Waals surface area contributed by atoms with Crippen LogP contribution < -0.4 is 5.49 Å². The first-order chi connectivity index (χ1) is 19.1. The summed E-state index contributed by atoms with van der Waals surface area (Å²) in [5, 5.41) is 6.37. The monoisotopic (exact) mass is 507 g/mol.